The molecule has 0 aliphatic carbocycles. The zero-order valence-electron chi connectivity index (χ0n) is 28.0. The van der Waals surface area contributed by atoms with Crippen LogP contribution in [0.25, 0.3) is 11.0 Å². The van der Waals surface area contributed by atoms with Gasteiger partial charge in [0.15, 0.2) is 5.69 Å². The Kier molecular flexibility index (Phi) is 36.9. The summed E-state index contributed by atoms with van der Waals surface area (Å²) in [6.45, 7) is 26.3. The van der Waals surface area contributed by atoms with Crippen molar-refractivity contribution in [3.8, 4) is 0 Å². The molecule has 11 nitrogen and oxygen atoms in total. The molecule has 0 aliphatic rings. The Morgan fingerprint density at radius 2 is 1.57 bits per heavy atom. The summed E-state index contributed by atoms with van der Waals surface area (Å²) in [5.74, 6) is 0.0679. The summed E-state index contributed by atoms with van der Waals surface area (Å²) < 4.78 is 11.5. The van der Waals surface area contributed by atoms with Gasteiger partial charge in [0, 0.05) is 42.5 Å². The van der Waals surface area contributed by atoms with Crippen LogP contribution in [0.2, 0.25) is 0 Å². The molecule has 0 saturated heterocycles. The van der Waals surface area contributed by atoms with E-state index in [2.05, 4.69) is 20.3 Å². The minimum absolute atomic E-state index is 0.0187. The Hall–Kier alpha value is -3.28. The smallest absolute Gasteiger partial charge is 0.216 e. The number of Topliss-reactive ketones (excluding diaryl/α,β-unsaturated/α-hetero) is 1. The molecule has 0 spiro atoms. The van der Waals surface area contributed by atoms with Gasteiger partial charge in [-0.05, 0) is 46.2 Å². The molecule has 2 N–H and O–H groups in total. The predicted octanol–water partition coefficient (Wildman–Crippen LogP) is 6.01. The fourth-order valence-corrected chi connectivity index (χ4v) is 2.82. The molecule has 0 radical (unpaired) electrons. The van der Waals surface area contributed by atoms with E-state index in [4.69, 9.17) is 19.4 Å². The zero-order chi connectivity index (χ0) is 33.3. The molecule has 11 heteroatoms. The van der Waals surface area contributed by atoms with Crippen molar-refractivity contribution in [1.29, 1.82) is 0 Å². The summed E-state index contributed by atoms with van der Waals surface area (Å²) in [5, 5.41) is 17.3. The SMILES string of the molecule is C=O.CC.CC.CC.CCCC(C)=O.CCOCC.Cc1cc2cc(C(=O)c3cn(CCOCCO)nn3)cnc2[nH]1. The number of pyridine rings is 1. The maximum Gasteiger partial charge on any atom is 0.216 e. The minimum Gasteiger partial charge on any atom is -0.394 e. The molecule has 242 valence electrons. The molecule has 3 aromatic rings. The molecular formula is C31H57N5O6. The molecule has 0 fully saturated rings. The van der Waals surface area contributed by atoms with E-state index < -0.39 is 0 Å². The van der Waals surface area contributed by atoms with Crippen LogP contribution in [0, 0.1) is 6.92 Å². The second kappa shape index (κ2) is 33.9. The summed E-state index contributed by atoms with van der Waals surface area (Å²) in [4.78, 5) is 37.9. The summed E-state index contributed by atoms with van der Waals surface area (Å²) in [7, 11) is 0. The van der Waals surface area contributed by atoms with Crippen LogP contribution in [0.15, 0.2) is 24.5 Å². The number of hydrogen-bond donors (Lipinski definition) is 2. The monoisotopic (exact) mass is 595 g/mol. The number of ketones is 2. The molecule has 0 amide bonds. The Morgan fingerprint density at radius 1 is 0.976 bits per heavy atom. The van der Waals surface area contributed by atoms with Crippen LogP contribution in [0.5, 0.6) is 0 Å². The molecule has 0 aliphatic heterocycles. The van der Waals surface area contributed by atoms with Crippen LogP contribution < -0.4 is 0 Å². The maximum absolute atomic E-state index is 12.5. The average Bonchev–Trinajstić information content (AvgIpc) is 3.65. The Morgan fingerprint density at radius 3 is 2.02 bits per heavy atom. The molecule has 3 aromatic heterocycles. The Balaban J connectivity index is -0.000000316. The maximum atomic E-state index is 12.5. The highest BCUT2D eigenvalue weighted by Crippen LogP contribution is 2.16. The van der Waals surface area contributed by atoms with Gasteiger partial charge in [0.25, 0.3) is 0 Å². The van der Waals surface area contributed by atoms with Crippen LogP contribution in [-0.4, -0.2) is 81.5 Å². The number of aryl methyl sites for hydroxylation is 1. The number of ether oxygens (including phenoxy) is 2. The van der Waals surface area contributed by atoms with Crippen molar-refractivity contribution < 1.29 is 29.0 Å². The van der Waals surface area contributed by atoms with Crippen molar-refractivity contribution >= 4 is 29.4 Å². The third-order valence-electron chi connectivity index (χ3n) is 4.35. The minimum atomic E-state index is -0.222. The highest BCUT2D eigenvalue weighted by Gasteiger charge is 2.15. The van der Waals surface area contributed by atoms with Gasteiger partial charge < -0.3 is 29.2 Å². The van der Waals surface area contributed by atoms with Crippen molar-refractivity contribution in [2.24, 2.45) is 0 Å². The number of aliphatic hydroxyl groups is 1. The number of carbonyl (C=O) groups excluding carboxylic acids is 3. The topological polar surface area (TPSA) is 149 Å². The van der Waals surface area contributed by atoms with Gasteiger partial charge in [-0.1, -0.05) is 53.7 Å². The first kappa shape index (κ1) is 45.7. The van der Waals surface area contributed by atoms with Gasteiger partial charge in [-0.2, -0.15) is 0 Å². The molecule has 0 bridgehead atoms. The standard InChI is InChI=1S/C15H17N5O3.C5H10O.C4H10O.3C2H6.CH2O/c1-10-6-11-7-12(8-16-15(11)17-10)14(22)13-9-20(19-18-13)2-4-23-5-3-21;1-3-4-5(2)6;1-3-5-4-2;4*1-2/h6-9,21H,2-5H2,1H3,(H,16,17);3-4H2,1-2H3;3-4H2,1-2H3;3*1-2H3;1H2. The lowest BCUT2D eigenvalue weighted by atomic mass is 10.1. The molecule has 0 atom stereocenters. The highest BCUT2D eigenvalue weighted by atomic mass is 16.5. The number of H-pyrrole nitrogens is 1. The molecular weight excluding hydrogens is 538 g/mol. The first-order chi connectivity index (χ1) is 20.4. The quantitative estimate of drug-likeness (QED) is 0.200. The number of nitrogens with one attached hydrogen (secondary N) is 1. The molecule has 42 heavy (non-hydrogen) atoms. The molecule has 3 rings (SSSR count). The van der Waals surface area contributed by atoms with Crippen molar-refractivity contribution in [2.45, 2.75) is 95.5 Å². The fourth-order valence-electron chi connectivity index (χ4n) is 2.82. The lowest BCUT2D eigenvalue weighted by Crippen LogP contribution is -2.09. The van der Waals surface area contributed by atoms with Crippen molar-refractivity contribution in [2.75, 3.05) is 33.0 Å². The number of aliphatic hydroxyl groups excluding tert-OH is 1. The van der Waals surface area contributed by atoms with Gasteiger partial charge in [-0.15, -0.1) is 5.10 Å². The van der Waals surface area contributed by atoms with Crippen molar-refractivity contribution in [3.05, 3.63) is 41.5 Å². The second-order valence-electron chi connectivity index (χ2n) is 7.38. The zero-order valence-corrected chi connectivity index (χ0v) is 28.0. The first-order valence-electron chi connectivity index (χ1n) is 14.8. The largest absolute Gasteiger partial charge is 0.394 e. The highest BCUT2D eigenvalue weighted by molar-refractivity contribution is 6.08. The van der Waals surface area contributed by atoms with Crippen LogP contribution in [0.3, 0.4) is 0 Å². The van der Waals surface area contributed by atoms with Crippen LogP contribution >= 0.6 is 0 Å². The predicted molar refractivity (Wildman–Crippen MR) is 171 cm³/mol. The lowest BCUT2D eigenvalue weighted by Gasteiger charge is -2.01. The van der Waals surface area contributed by atoms with E-state index in [1.807, 2.05) is 82.1 Å². The van der Waals surface area contributed by atoms with Crippen LogP contribution in [0.1, 0.15) is 104 Å². The van der Waals surface area contributed by atoms with E-state index in [1.54, 1.807) is 19.2 Å². The number of carbonyl (C=O) groups is 3. The van der Waals surface area contributed by atoms with E-state index >= 15 is 0 Å². The Bertz CT molecular complexity index is 1020. The molecule has 0 unspecified atom stereocenters. The Labute approximate surface area is 253 Å². The number of nitrogens with zero attached hydrogens (tertiary/aromatic N) is 4. The summed E-state index contributed by atoms with van der Waals surface area (Å²) in [6, 6.07) is 3.73. The number of fused-ring (bicyclic) bond motifs is 1. The number of aromatic nitrogens is 5. The van der Waals surface area contributed by atoms with E-state index in [9.17, 15) is 9.59 Å². The van der Waals surface area contributed by atoms with Crippen LogP contribution in [-0.2, 0) is 25.6 Å². The van der Waals surface area contributed by atoms with Gasteiger partial charge in [0.1, 0.15) is 18.2 Å². The number of aromatic amines is 1. The second-order valence-corrected chi connectivity index (χ2v) is 7.38. The van der Waals surface area contributed by atoms with Gasteiger partial charge in [0.2, 0.25) is 5.78 Å². The third kappa shape index (κ3) is 22.4. The van der Waals surface area contributed by atoms with Gasteiger partial charge in [-0.25, -0.2) is 9.67 Å². The normalized spacial score (nSPS) is 8.86. The van der Waals surface area contributed by atoms with E-state index in [-0.39, 0.29) is 30.5 Å². The lowest BCUT2D eigenvalue weighted by molar-refractivity contribution is -0.117. The van der Waals surface area contributed by atoms with Crippen molar-refractivity contribution in [3.63, 3.8) is 0 Å². The molecule has 0 saturated carbocycles. The van der Waals surface area contributed by atoms with E-state index in [1.165, 1.54) is 10.9 Å². The summed E-state index contributed by atoms with van der Waals surface area (Å²) >= 11 is 0. The molecule has 0 aromatic carbocycles. The molecule has 3 heterocycles. The summed E-state index contributed by atoms with van der Waals surface area (Å²) in [5.41, 5.74) is 2.48. The van der Waals surface area contributed by atoms with E-state index in [0.29, 0.717) is 18.7 Å². The van der Waals surface area contributed by atoms with Crippen molar-refractivity contribution in [1.82, 2.24) is 25.0 Å². The average molecular weight is 596 g/mol. The number of rotatable bonds is 11. The van der Waals surface area contributed by atoms with Gasteiger partial charge in [0.05, 0.1) is 32.6 Å². The van der Waals surface area contributed by atoms with Crippen LogP contribution in [0.4, 0.5) is 0 Å². The fraction of sp³-hybridized carbons (Fsp3) is 0.613. The third-order valence-corrected chi connectivity index (χ3v) is 4.35. The number of hydrogen-bond acceptors (Lipinski definition) is 9. The van der Waals surface area contributed by atoms with E-state index in [0.717, 1.165) is 42.8 Å². The summed E-state index contributed by atoms with van der Waals surface area (Å²) in [6.07, 6.45) is 4.83. The van der Waals surface area contributed by atoms with Gasteiger partial charge >= 0.3 is 0 Å². The first-order valence-corrected chi connectivity index (χ1v) is 14.8. The van der Waals surface area contributed by atoms with Gasteiger partial charge in [-0.3, -0.25) is 4.79 Å².